The number of aliphatic hydroxyl groups is 1. The number of benzene rings is 3. The number of carbonyl (C=O) groups excluding carboxylic acids is 3. The summed E-state index contributed by atoms with van der Waals surface area (Å²) in [6, 6.07) is 20.7. The molecule has 46 heavy (non-hydrogen) atoms. The third-order valence-electron chi connectivity index (χ3n) is 7.47. The molecule has 1 amide bonds. The van der Waals surface area contributed by atoms with Gasteiger partial charge in [-0.25, -0.2) is 9.78 Å². The first-order chi connectivity index (χ1) is 22.2. The highest BCUT2D eigenvalue weighted by atomic mass is 32.1. The van der Waals surface area contributed by atoms with Crippen molar-refractivity contribution in [2.45, 2.75) is 53.2 Å². The van der Waals surface area contributed by atoms with Gasteiger partial charge in [0.25, 0.3) is 5.78 Å². The molecular weight excluding hydrogens is 604 g/mol. The van der Waals surface area contributed by atoms with Crippen LogP contribution in [0.25, 0.3) is 5.76 Å². The van der Waals surface area contributed by atoms with Crippen molar-refractivity contribution in [3.05, 3.63) is 111 Å². The highest BCUT2D eigenvalue weighted by Gasteiger charge is 2.48. The average Bonchev–Trinajstić information content (AvgIpc) is 3.56. The molecule has 238 valence electrons. The lowest BCUT2D eigenvalue weighted by Crippen LogP contribution is -2.29. The van der Waals surface area contributed by atoms with E-state index in [2.05, 4.69) is 11.9 Å². The number of nitrogens with zero attached hydrogens (tertiary/aromatic N) is 2. The minimum absolute atomic E-state index is 0.0939. The van der Waals surface area contributed by atoms with E-state index in [1.165, 1.54) is 4.90 Å². The molecule has 0 bridgehead atoms. The van der Waals surface area contributed by atoms with Crippen LogP contribution in [-0.2, 0) is 20.9 Å². The molecule has 1 N–H and O–H groups in total. The Kier molecular flexibility index (Phi) is 10.2. The molecule has 0 saturated carbocycles. The lowest BCUT2D eigenvalue weighted by molar-refractivity contribution is -0.132. The summed E-state index contributed by atoms with van der Waals surface area (Å²) in [4.78, 5) is 45.8. The van der Waals surface area contributed by atoms with Gasteiger partial charge in [0.2, 0.25) is 0 Å². The molecule has 1 saturated heterocycles. The van der Waals surface area contributed by atoms with Crippen molar-refractivity contribution < 1.29 is 33.7 Å². The van der Waals surface area contributed by atoms with Gasteiger partial charge in [0.05, 0.1) is 30.5 Å². The van der Waals surface area contributed by atoms with Crippen molar-refractivity contribution in [3.8, 4) is 11.5 Å². The molecule has 3 aromatic carbocycles. The number of esters is 1. The van der Waals surface area contributed by atoms with Crippen LogP contribution in [0.2, 0.25) is 0 Å². The fourth-order valence-corrected chi connectivity index (χ4v) is 6.12. The van der Waals surface area contributed by atoms with Crippen molar-refractivity contribution in [2.75, 3.05) is 18.1 Å². The fraction of sp³-hybridized carbons (Fsp3) is 0.278. The van der Waals surface area contributed by atoms with E-state index in [1.807, 2.05) is 31.2 Å². The zero-order valence-electron chi connectivity index (χ0n) is 26.2. The van der Waals surface area contributed by atoms with Gasteiger partial charge in [-0.1, -0.05) is 66.6 Å². The number of unbranched alkanes of at least 4 members (excludes halogenated alkanes) is 1. The summed E-state index contributed by atoms with van der Waals surface area (Å²) in [6.45, 7) is 8.55. The molecule has 1 aliphatic rings. The number of hydrogen-bond acceptors (Lipinski definition) is 9. The first-order valence-electron chi connectivity index (χ1n) is 15.2. The lowest BCUT2D eigenvalue weighted by Gasteiger charge is -2.23. The Bertz CT molecular complexity index is 1760. The third kappa shape index (κ3) is 6.97. The van der Waals surface area contributed by atoms with Gasteiger partial charge in [0.1, 0.15) is 28.7 Å². The summed E-state index contributed by atoms with van der Waals surface area (Å²) in [6.07, 6.45) is 1.90. The minimum Gasteiger partial charge on any atom is -0.507 e. The van der Waals surface area contributed by atoms with E-state index >= 15 is 0 Å². The van der Waals surface area contributed by atoms with Gasteiger partial charge in [-0.2, -0.15) is 0 Å². The van der Waals surface area contributed by atoms with Crippen molar-refractivity contribution >= 4 is 39.9 Å². The number of amides is 1. The zero-order valence-corrected chi connectivity index (χ0v) is 27.1. The van der Waals surface area contributed by atoms with Crippen LogP contribution in [0.3, 0.4) is 0 Å². The molecule has 1 unspecified atom stereocenters. The van der Waals surface area contributed by atoms with E-state index < -0.39 is 23.7 Å². The van der Waals surface area contributed by atoms with E-state index in [9.17, 15) is 19.5 Å². The number of thiazole rings is 1. The van der Waals surface area contributed by atoms with Gasteiger partial charge >= 0.3 is 11.9 Å². The Morgan fingerprint density at radius 2 is 1.65 bits per heavy atom. The van der Waals surface area contributed by atoms with Gasteiger partial charge in [-0.05, 0) is 74.7 Å². The van der Waals surface area contributed by atoms with Crippen LogP contribution >= 0.6 is 11.3 Å². The van der Waals surface area contributed by atoms with Gasteiger partial charge in [-0.15, -0.1) is 0 Å². The summed E-state index contributed by atoms with van der Waals surface area (Å²) in [5.41, 5.74) is 3.34. The number of Topliss-reactive ketones (excluding diaryl/α,β-unsaturated/α-hetero) is 1. The Balaban J connectivity index is 1.51. The normalized spacial score (nSPS) is 15.7. The fourth-order valence-electron chi connectivity index (χ4n) is 5.13. The maximum atomic E-state index is 13.6. The topological polar surface area (TPSA) is 115 Å². The monoisotopic (exact) mass is 640 g/mol. The molecule has 4 aromatic rings. The molecule has 1 aromatic heterocycles. The zero-order chi connectivity index (χ0) is 32.8. The largest absolute Gasteiger partial charge is 0.507 e. The number of rotatable bonds is 12. The van der Waals surface area contributed by atoms with E-state index in [0.717, 1.165) is 35.3 Å². The second kappa shape index (κ2) is 14.4. The maximum Gasteiger partial charge on any atom is 0.350 e. The molecule has 0 aliphatic carbocycles. The molecule has 9 nitrogen and oxygen atoms in total. The van der Waals surface area contributed by atoms with Crippen LogP contribution in [0.5, 0.6) is 11.5 Å². The van der Waals surface area contributed by atoms with Crippen molar-refractivity contribution in [1.82, 2.24) is 4.98 Å². The van der Waals surface area contributed by atoms with E-state index in [4.69, 9.17) is 14.2 Å². The quantitative estimate of drug-likeness (QED) is 0.0563. The number of aryl methyl sites for hydroxylation is 2. The van der Waals surface area contributed by atoms with Gasteiger partial charge < -0.3 is 19.3 Å². The minimum atomic E-state index is -1.01. The highest BCUT2D eigenvalue weighted by molar-refractivity contribution is 7.17. The molecule has 0 radical (unpaired) electrons. The SMILES string of the molecule is CCCCOc1ccc(C2/C(=C(\O)c3ccc(OCc4cccc(C)c4)cc3)C(=O)C(=O)N2c2nc(C)c(C(=O)OCC)s2)cc1. The van der Waals surface area contributed by atoms with E-state index in [0.29, 0.717) is 41.5 Å². The lowest BCUT2D eigenvalue weighted by atomic mass is 9.95. The number of aromatic nitrogens is 1. The predicted molar refractivity (Wildman–Crippen MR) is 176 cm³/mol. The van der Waals surface area contributed by atoms with Crippen LogP contribution < -0.4 is 14.4 Å². The number of hydrogen-bond donors (Lipinski definition) is 1. The number of ether oxygens (including phenoxy) is 3. The Labute approximate surface area is 272 Å². The molecule has 5 rings (SSSR count). The van der Waals surface area contributed by atoms with E-state index in [1.54, 1.807) is 62.4 Å². The van der Waals surface area contributed by atoms with Crippen molar-refractivity contribution in [1.29, 1.82) is 0 Å². The molecule has 1 fully saturated rings. The molecule has 0 spiro atoms. The first-order valence-corrected chi connectivity index (χ1v) is 16.0. The first kappa shape index (κ1) is 32.4. The molecule has 10 heteroatoms. The Hall–Kier alpha value is -4.96. The van der Waals surface area contributed by atoms with Crippen LogP contribution in [-0.4, -0.2) is 41.0 Å². The van der Waals surface area contributed by atoms with Gasteiger partial charge in [0.15, 0.2) is 5.13 Å². The Morgan fingerprint density at radius 1 is 0.957 bits per heavy atom. The van der Waals surface area contributed by atoms with Crippen LogP contribution in [0.15, 0.2) is 78.4 Å². The number of anilines is 1. The molecule has 1 atom stereocenters. The standard InChI is InChI=1S/C36H36N2O7S/c1-5-7-19-44-27-15-11-25(12-16-27)30-29(32(40)34(41)38(30)36-37-23(4)33(46-36)35(42)43-6-2)31(39)26-13-17-28(18-14-26)45-21-24-10-8-9-22(3)20-24/h8-18,20,30,39H,5-7,19,21H2,1-4H3/b31-29+. The predicted octanol–water partition coefficient (Wildman–Crippen LogP) is 7.32. The average molecular weight is 641 g/mol. The third-order valence-corrected chi connectivity index (χ3v) is 8.61. The number of carbonyl (C=O) groups is 3. The van der Waals surface area contributed by atoms with Crippen molar-refractivity contribution in [2.24, 2.45) is 0 Å². The molecule has 2 heterocycles. The van der Waals surface area contributed by atoms with E-state index in [-0.39, 0.29) is 27.9 Å². The summed E-state index contributed by atoms with van der Waals surface area (Å²) < 4.78 is 16.9. The van der Waals surface area contributed by atoms with Gasteiger partial charge in [0, 0.05) is 5.56 Å². The summed E-state index contributed by atoms with van der Waals surface area (Å²) in [5, 5.41) is 11.7. The van der Waals surface area contributed by atoms with Gasteiger partial charge in [-0.3, -0.25) is 14.5 Å². The molecule has 1 aliphatic heterocycles. The van der Waals surface area contributed by atoms with Crippen molar-refractivity contribution in [3.63, 3.8) is 0 Å². The highest BCUT2D eigenvalue weighted by Crippen LogP contribution is 2.44. The molecular formula is C36H36N2O7S. The van der Waals surface area contributed by atoms with Crippen LogP contribution in [0.1, 0.15) is 70.4 Å². The summed E-state index contributed by atoms with van der Waals surface area (Å²) in [7, 11) is 0. The second-order valence-corrected chi connectivity index (χ2v) is 11.9. The van der Waals surface area contributed by atoms with Crippen LogP contribution in [0.4, 0.5) is 5.13 Å². The second-order valence-electron chi connectivity index (χ2n) is 10.9. The number of aliphatic hydroxyl groups excluding tert-OH is 1. The summed E-state index contributed by atoms with van der Waals surface area (Å²) in [5.74, 6) is -1.40. The maximum absolute atomic E-state index is 13.6. The van der Waals surface area contributed by atoms with Crippen LogP contribution in [0, 0.1) is 13.8 Å². The Morgan fingerprint density at radius 3 is 2.33 bits per heavy atom. The smallest absolute Gasteiger partial charge is 0.350 e. The number of ketones is 1. The summed E-state index contributed by atoms with van der Waals surface area (Å²) >= 11 is 0.963.